The van der Waals surface area contributed by atoms with Gasteiger partial charge in [-0.25, -0.2) is 0 Å². The van der Waals surface area contributed by atoms with Gasteiger partial charge in [0, 0.05) is 18.3 Å². The average Bonchev–Trinajstić information content (AvgIpc) is 2.97. The zero-order chi connectivity index (χ0) is 15.5. The average molecular weight is 301 g/mol. The van der Waals surface area contributed by atoms with Gasteiger partial charge in [-0.05, 0) is 12.1 Å². The second-order valence-corrected chi connectivity index (χ2v) is 4.92. The summed E-state index contributed by atoms with van der Waals surface area (Å²) in [5.74, 6) is -1.31. The molecule has 0 radical (unpaired) electrons. The van der Waals surface area contributed by atoms with Crippen LogP contribution in [0, 0.1) is 0 Å². The Kier molecular flexibility index (Phi) is 3.84. The molecule has 0 saturated carbocycles. The van der Waals surface area contributed by atoms with Crippen LogP contribution in [0.15, 0.2) is 30.7 Å². The van der Waals surface area contributed by atoms with Gasteiger partial charge in [0.2, 0.25) is 0 Å². The van der Waals surface area contributed by atoms with E-state index in [-0.39, 0.29) is 13.2 Å². The van der Waals surface area contributed by atoms with Gasteiger partial charge in [-0.1, -0.05) is 0 Å². The van der Waals surface area contributed by atoms with E-state index in [4.69, 9.17) is 0 Å². The molecule has 0 unspecified atom stereocenters. The maximum atomic E-state index is 12.2. The molecule has 2 N–H and O–H groups in total. The second kappa shape index (κ2) is 5.94. The second-order valence-electron chi connectivity index (χ2n) is 4.92. The zero-order valence-electron chi connectivity index (χ0n) is 11.8. The summed E-state index contributed by atoms with van der Waals surface area (Å²) in [5.41, 5.74) is 1.90. The molecule has 2 aromatic heterocycles. The molecule has 0 saturated heterocycles. The lowest BCUT2D eigenvalue weighted by Crippen LogP contribution is -2.44. The van der Waals surface area contributed by atoms with Crippen molar-refractivity contribution in [3.8, 4) is 0 Å². The number of pyridine rings is 1. The van der Waals surface area contributed by atoms with Crippen molar-refractivity contribution in [3.63, 3.8) is 0 Å². The van der Waals surface area contributed by atoms with Crippen molar-refractivity contribution in [1.82, 2.24) is 19.7 Å². The van der Waals surface area contributed by atoms with Crippen molar-refractivity contribution in [2.75, 3.05) is 11.9 Å². The predicted molar refractivity (Wildman–Crippen MR) is 76.4 cm³/mol. The first-order valence-corrected chi connectivity index (χ1v) is 6.83. The van der Waals surface area contributed by atoms with E-state index < -0.39 is 11.8 Å². The molecule has 0 bridgehead atoms. The Hall–Kier alpha value is -2.74. The van der Waals surface area contributed by atoms with Gasteiger partial charge in [-0.2, -0.15) is 5.10 Å². The molecule has 0 aliphatic carbocycles. The maximum Gasteiger partial charge on any atom is 0.313 e. The van der Waals surface area contributed by atoms with Crippen LogP contribution in [-0.4, -0.2) is 43.1 Å². The van der Waals surface area contributed by atoms with Crippen molar-refractivity contribution < 1.29 is 14.7 Å². The molecule has 0 fully saturated rings. The van der Waals surface area contributed by atoms with Crippen LogP contribution in [0.2, 0.25) is 0 Å². The number of amides is 2. The Morgan fingerprint density at radius 2 is 2.18 bits per heavy atom. The number of carbonyl (C=O) groups is 2. The highest BCUT2D eigenvalue weighted by Gasteiger charge is 2.27. The van der Waals surface area contributed by atoms with Crippen LogP contribution < -0.4 is 5.32 Å². The summed E-state index contributed by atoms with van der Waals surface area (Å²) >= 11 is 0. The molecule has 3 rings (SSSR count). The fourth-order valence-electron chi connectivity index (χ4n) is 2.37. The van der Waals surface area contributed by atoms with E-state index in [9.17, 15) is 14.7 Å². The minimum Gasteiger partial charge on any atom is -0.392 e. The van der Waals surface area contributed by atoms with Gasteiger partial charge in [0.15, 0.2) is 0 Å². The SMILES string of the molecule is O=C(Nc1cccnc1)C(=O)N1CCn2ncc(CO)c2C1. The number of hydrogen-bond acceptors (Lipinski definition) is 5. The van der Waals surface area contributed by atoms with E-state index in [0.29, 0.717) is 24.3 Å². The molecule has 0 aromatic carbocycles. The van der Waals surface area contributed by atoms with E-state index in [2.05, 4.69) is 15.4 Å². The monoisotopic (exact) mass is 301 g/mol. The maximum absolute atomic E-state index is 12.2. The molecule has 3 heterocycles. The molecule has 2 aromatic rings. The van der Waals surface area contributed by atoms with Gasteiger partial charge in [-0.3, -0.25) is 19.3 Å². The molecule has 1 aliphatic rings. The Bertz CT molecular complexity index is 684. The van der Waals surface area contributed by atoms with Crippen LogP contribution >= 0.6 is 0 Å². The lowest BCUT2D eigenvalue weighted by Gasteiger charge is -2.27. The van der Waals surface area contributed by atoms with Gasteiger partial charge in [0.1, 0.15) is 0 Å². The molecule has 2 amide bonds. The molecule has 0 atom stereocenters. The van der Waals surface area contributed by atoms with Crippen LogP contribution in [0.3, 0.4) is 0 Å². The summed E-state index contributed by atoms with van der Waals surface area (Å²) in [6.45, 7) is 1.02. The van der Waals surface area contributed by atoms with E-state index in [1.165, 1.54) is 11.1 Å². The molecular weight excluding hydrogens is 286 g/mol. The van der Waals surface area contributed by atoms with Crippen molar-refractivity contribution in [3.05, 3.63) is 42.0 Å². The summed E-state index contributed by atoms with van der Waals surface area (Å²) < 4.78 is 1.74. The minimum absolute atomic E-state index is 0.140. The first-order valence-electron chi connectivity index (χ1n) is 6.83. The Balaban J connectivity index is 1.69. The first kappa shape index (κ1) is 14.2. The number of aliphatic hydroxyl groups excluding tert-OH is 1. The van der Waals surface area contributed by atoms with Crippen molar-refractivity contribution in [1.29, 1.82) is 0 Å². The fraction of sp³-hybridized carbons (Fsp3) is 0.286. The van der Waals surface area contributed by atoms with Crippen LogP contribution in [0.5, 0.6) is 0 Å². The Morgan fingerprint density at radius 1 is 1.32 bits per heavy atom. The largest absolute Gasteiger partial charge is 0.392 e. The van der Waals surface area contributed by atoms with E-state index in [1.807, 2.05) is 0 Å². The number of aliphatic hydroxyl groups is 1. The molecule has 22 heavy (non-hydrogen) atoms. The highest BCUT2D eigenvalue weighted by Crippen LogP contribution is 2.17. The van der Waals surface area contributed by atoms with Crippen LogP contribution in [0.25, 0.3) is 0 Å². The number of nitrogens with zero attached hydrogens (tertiary/aromatic N) is 4. The van der Waals surface area contributed by atoms with Crippen molar-refractivity contribution in [2.24, 2.45) is 0 Å². The first-order chi connectivity index (χ1) is 10.7. The summed E-state index contributed by atoms with van der Waals surface area (Å²) in [4.78, 5) is 29.6. The lowest BCUT2D eigenvalue weighted by atomic mass is 10.2. The third-order valence-corrected chi connectivity index (χ3v) is 3.53. The fourth-order valence-corrected chi connectivity index (χ4v) is 2.37. The number of carbonyl (C=O) groups excluding carboxylic acids is 2. The summed E-state index contributed by atoms with van der Waals surface area (Å²) in [5, 5.41) is 15.9. The Morgan fingerprint density at radius 3 is 2.91 bits per heavy atom. The summed E-state index contributed by atoms with van der Waals surface area (Å²) in [6, 6.07) is 3.33. The smallest absolute Gasteiger partial charge is 0.313 e. The number of anilines is 1. The molecular formula is C14H15N5O3. The van der Waals surface area contributed by atoms with E-state index in [1.54, 1.807) is 29.2 Å². The number of rotatable bonds is 2. The number of fused-ring (bicyclic) bond motifs is 1. The number of aromatic nitrogens is 3. The van der Waals surface area contributed by atoms with Crippen molar-refractivity contribution >= 4 is 17.5 Å². The van der Waals surface area contributed by atoms with Crippen LogP contribution in [0.4, 0.5) is 5.69 Å². The minimum atomic E-state index is -0.702. The predicted octanol–water partition coefficient (Wildman–Crippen LogP) is -0.249. The highest BCUT2D eigenvalue weighted by atomic mass is 16.3. The molecule has 1 aliphatic heterocycles. The quantitative estimate of drug-likeness (QED) is 0.745. The van der Waals surface area contributed by atoms with Crippen LogP contribution in [0.1, 0.15) is 11.3 Å². The standard InChI is InChI=1S/C14H15N5O3/c20-9-10-6-16-19-5-4-18(8-12(10)19)14(22)13(21)17-11-2-1-3-15-7-11/h1-3,6-7,20H,4-5,8-9H2,(H,17,21). The van der Waals surface area contributed by atoms with E-state index >= 15 is 0 Å². The third kappa shape index (κ3) is 2.68. The summed E-state index contributed by atoms with van der Waals surface area (Å²) in [7, 11) is 0. The van der Waals surface area contributed by atoms with E-state index in [0.717, 1.165) is 5.69 Å². The lowest BCUT2D eigenvalue weighted by molar-refractivity contribution is -0.144. The van der Waals surface area contributed by atoms with Gasteiger partial charge < -0.3 is 15.3 Å². The summed E-state index contributed by atoms with van der Waals surface area (Å²) in [6.07, 6.45) is 4.64. The van der Waals surface area contributed by atoms with Gasteiger partial charge in [0.25, 0.3) is 0 Å². The third-order valence-electron chi connectivity index (χ3n) is 3.53. The zero-order valence-corrected chi connectivity index (χ0v) is 11.8. The molecule has 114 valence electrons. The van der Waals surface area contributed by atoms with Gasteiger partial charge in [0.05, 0.1) is 43.5 Å². The van der Waals surface area contributed by atoms with Gasteiger partial charge >= 0.3 is 11.8 Å². The highest BCUT2D eigenvalue weighted by molar-refractivity contribution is 6.39. The molecule has 0 spiro atoms. The number of nitrogens with one attached hydrogen (secondary N) is 1. The number of hydrogen-bond donors (Lipinski definition) is 2. The normalized spacial score (nSPS) is 13.6. The molecule has 8 nitrogen and oxygen atoms in total. The van der Waals surface area contributed by atoms with Crippen LogP contribution in [-0.2, 0) is 29.3 Å². The molecule has 8 heteroatoms. The van der Waals surface area contributed by atoms with Gasteiger partial charge in [-0.15, -0.1) is 0 Å². The Labute approximate surface area is 126 Å². The van der Waals surface area contributed by atoms with Crippen molar-refractivity contribution in [2.45, 2.75) is 19.7 Å². The topological polar surface area (TPSA) is 100 Å².